The van der Waals surface area contributed by atoms with Gasteiger partial charge >= 0.3 is 6.18 Å². The second-order valence-corrected chi connectivity index (χ2v) is 7.68. The number of benzene rings is 2. The third kappa shape index (κ3) is 5.88. The Balaban J connectivity index is 1.93. The van der Waals surface area contributed by atoms with Gasteiger partial charge in [0.15, 0.2) is 5.96 Å². The maximum atomic E-state index is 13.8. The molecule has 1 heterocycles. The lowest BCUT2D eigenvalue weighted by Gasteiger charge is -2.20. The fourth-order valence-corrected chi connectivity index (χ4v) is 3.57. The Kier molecular flexibility index (Phi) is 7.83. The molecule has 1 aromatic heterocycles. The summed E-state index contributed by atoms with van der Waals surface area (Å²) >= 11 is 0. The number of aliphatic imine (C=N–C) groups is 1. The van der Waals surface area contributed by atoms with Gasteiger partial charge in [0.2, 0.25) is 0 Å². The van der Waals surface area contributed by atoms with Crippen molar-refractivity contribution in [1.29, 1.82) is 0 Å². The highest BCUT2D eigenvalue weighted by Crippen LogP contribution is 2.38. The summed E-state index contributed by atoms with van der Waals surface area (Å²) < 4.78 is 47.2. The van der Waals surface area contributed by atoms with E-state index in [2.05, 4.69) is 34.0 Å². The van der Waals surface area contributed by atoms with E-state index in [0.717, 1.165) is 42.9 Å². The topological polar surface area (TPSA) is 95.7 Å². The van der Waals surface area contributed by atoms with Gasteiger partial charge in [0, 0.05) is 25.0 Å². The molecule has 0 spiro atoms. The molecule has 0 saturated heterocycles. The van der Waals surface area contributed by atoms with Gasteiger partial charge in [0.05, 0.1) is 11.1 Å². The fourth-order valence-electron chi connectivity index (χ4n) is 3.57. The van der Waals surface area contributed by atoms with E-state index in [9.17, 15) is 18.0 Å². The highest BCUT2D eigenvalue weighted by Gasteiger charge is 2.34. The normalized spacial score (nSPS) is 12.4. The zero-order chi connectivity index (χ0) is 24.9. The van der Waals surface area contributed by atoms with Crippen LogP contribution in [0.15, 0.2) is 47.5 Å². The van der Waals surface area contributed by atoms with Crippen molar-refractivity contribution in [2.24, 2.45) is 10.7 Å². The van der Waals surface area contributed by atoms with Gasteiger partial charge in [0.1, 0.15) is 18.1 Å². The zero-order valence-corrected chi connectivity index (χ0v) is 19.3. The minimum absolute atomic E-state index is 0.0385. The first-order valence-corrected chi connectivity index (χ1v) is 10.9. The highest BCUT2D eigenvalue weighted by atomic mass is 19.4. The molecule has 0 aliphatic rings. The number of amides is 1. The number of H-pyrrole nitrogens is 1. The number of carbonyl (C=O) groups is 1. The quantitative estimate of drug-likeness (QED) is 0.334. The standard InChI is InChI=1S/C24H28F3N5O2/c1-4-32(5-2)13-15-8-6-7-9-16(15)14-34-17-10-19(24(25,26)27)18-12-21(30-20(18)11-17)22(33)31-23(28)29-3/h6-12,30H,4-5,13-14H2,1-3H3,(H3,28,29,31,33). The molecule has 0 aliphatic heterocycles. The van der Waals surface area contributed by atoms with Crippen molar-refractivity contribution < 1.29 is 22.7 Å². The van der Waals surface area contributed by atoms with E-state index >= 15 is 0 Å². The minimum atomic E-state index is -4.64. The molecular formula is C24H28F3N5O2. The van der Waals surface area contributed by atoms with E-state index in [1.807, 2.05) is 24.3 Å². The minimum Gasteiger partial charge on any atom is -0.489 e. The lowest BCUT2D eigenvalue weighted by molar-refractivity contribution is -0.136. The van der Waals surface area contributed by atoms with Crippen LogP contribution in [0.2, 0.25) is 0 Å². The predicted molar refractivity (Wildman–Crippen MR) is 126 cm³/mol. The summed E-state index contributed by atoms with van der Waals surface area (Å²) in [6.45, 7) is 6.74. The Morgan fingerprint density at radius 1 is 1.15 bits per heavy atom. The van der Waals surface area contributed by atoms with Gasteiger partial charge in [0.25, 0.3) is 5.91 Å². The predicted octanol–water partition coefficient (Wildman–Crippen LogP) is 4.28. The summed E-state index contributed by atoms with van der Waals surface area (Å²) in [6, 6.07) is 11.2. The van der Waals surface area contributed by atoms with Gasteiger partial charge in [-0.1, -0.05) is 38.1 Å². The number of carbonyl (C=O) groups excluding carboxylic acids is 1. The molecule has 182 valence electrons. The lowest BCUT2D eigenvalue weighted by atomic mass is 10.1. The number of hydrogen-bond donors (Lipinski definition) is 3. The molecule has 4 N–H and O–H groups in total. The number of fused-ring (bicyclic) bond motifs is 1. The second-order valence-electron chi connectivity index (χ2n) is 7.68. The average molecular weight is 476 g/mol. The van der Waals surface area contributed by atoms with Crippen LogP contribution in [0.25, 0.3) is 10.9 Å². The number of guanidine groups is 1. The average Bonchev–Trinajstić information content (AvgIpc) is 3.24. The van der Waals surface area contributed by atoms with Crippen molar-refractivity contribution in [1.82, 2.24) is 15.2 Å². The summed E-state index contributed by atoms with van der Waals surface area (Å²) in [5, 5.41) is 2.34. The number of aromatic nitrogens is 1. The first-order chi connectivity index (χ1) is 16.2. The molecule has 0 unspecified atom stereocenters. The Labute approximate surface area is 195 Å². The van der Waals surface area contributed by atoms with Crippen molar-refractivity contribution in [3.8, 4) is 5.75 Å². The van der Waals surface area contributed by atoms with Crippen molar-refractivity contribution in [2.75, 3.05) is 20.1 Å². The van der Waals surface area contributed by atoms with Crippen LogP contribution in [-0.2, 0) is 19.3 Å². The Hall–Kier alpha value is -3.53. The van der Waals surface area contributed by atoms with E-state index in [1.165, 1.54) is 13.1 Å². The third-order valence-electron chi connectivity index (χ3n) is 5.53. The van der Waals surface area contributed by atoms with E-state index in [-0.39, 0.29) is 34.9 Å². The van der Waals surface area contributed by atoms with Gasteiger partial charge < -0.3 is 20.8 Å². The maximum absolute atomic E-state index is 13.8. The van der Waals surface area contributed by atoms with E-state index in [4.69, 9.17) is 10.5 Å². The fraction of sp³-hybridized carbons (Fsp3) is 0.333. The number of nitrogens with two attached hydrogens (primary N) is 1. The molecule has 3 aromatic rings. The number of nitrogens with one attached hydrogen (secondary N) is 2. The summed E-state index contributed by atoms with van der Waals surface area (Å²) in [6.07, 6.45) is -4.64. The molecule has 34 heavy (non-hydrogen) atoms. The van der Waals surface area contributed by atoms with E-state index < -0.39 is 17.6 Å². The molecule has 0 saturated carbocycles. The lowest BCUT2D eigenvalue weighted by Crippen LogP contribution is -2.28. The van der Waals surface area contributed by atoms with Crippen LogP contribution >= 0.6 is 0 Å². The van der Waals surface area contributed by atoms with Gasteiger partial charge in [-0.05, 0) is 36.3 Å². The van der Waals surface area contributed by atoms with Crippen LogP contribution in [0.5, 0.6) is 5.75 Å². The first kappa shape index (κ1) is 25.1. The molecule has 7 nitrogen and oxygen atoms in total. The van der Waals surface area contributed by atoms with Gasteiger partial charge in [-0.25, -0.2) is 0 Å². The van der Waals surface area contributed by atoms with Crippen LogP contribution in [0.1, 0.15) is 41.0 Å². The van der Waals surface area contributed by atoms with Crippen LogP contribution in [0.3, 0.4) is 0 Å². The Morgan fingerprint density at radius 3 is 2.44 bits per heavy atom. The molecule has 0 fully saturated rings. The molecule has 2 aromatic carbocycles. The number of nitrogens with zero attached hydrogens (tertiary/aromatic N) is 2. The summed E-state index contributed by atoms with van der Waals surface area (Å²) in [5.41, 5.74) is 6.53. The molecule has 10 heteroatoms. The van der Waals surface area contributed by atoms with Crippen molar-refractivity contribution in [3.05, 3.63) is 64.8 Å². The van der Waals surface area contributed by atoms with Gasteiger partial charge in [-0.15, -0.1) is 0 Å². The van der Waals surface area contributed by atoms with Crippen LogP contribution in [0, 0.1) is 0 Å². The third-order valence-corrected chi connectivity index (χ3v) is 5.53. The molecule has 1 amide bonds. The molecule has 3 rings (SSSR count). The van der Waals surface area contributed by atoms with E-state index in [1.54, 1.807) is 0 Å². The van der Waals surface area contributed by atoms with Crippen LogP contribution in [-0.4, -0.2) is 41.9 Å². The van der Waals surface area contributed by atoms with Crippen LogP contribution in [0.4, 0.5) is 13.2 Å². The second kappa shape index (κ2) is 10.6. The Morgan fingerprint density at radius 2 is 1.82 bits per heavy atom. The number of halogens is 3. The molecular weight excluding hydrogens is 447 g/mol. The smallest absolute Gasteiger partial charge is 0.417 e. The summed E-state index contributed by atoms with van der Waals surface area (Å²) in [4.78, 5) is 20.8. The first-order valence-electron chi connectivity index (χ1n) is 10.9. The molecule has 0 radical (unpaired) electrons. The van der Waals surface area contributed by atoms with Gasteiger partial charge in [-0.2, -0.15) is 18.2 Å². The van der Waals surface area contributed by atoms with Crippen molar-refractivity contribution in [2.45, 2.75) is 33.2 Å². The molecule has 0 atom stereocenters. The monoisotopic (exact) mass is 475 g/mol. The summed E-state index contributed by atoms with van der Waals surface area (Å²) in [5.74, 6) is -0.896. The van der Waals surface area contributed by atoms with Crippen molar-refractivity contribution in [3.63, 3.8) is 0 Å². The van der Waals surface area contributed by atoms with Crippen molar-refractivity contribution >= 4 is 22.8 Å². The maximum Gasteiger partial charge on any atom is 0.417 e. The van der Waals surface area contributed by atoms with Crippen LogP contribution < -0.4 is 15.8 Å². The number of aromatic amines is 1. The SMILES string of the molecule is CCN(CC)Cc1ccccc1COc1cc(C(F)(F)F)c2cc(C(=O)N=C(N)NC)[nH]c2c1. The van der Waals surface area contributed by atoms with E-state index in [0.29, 0.717) is 0 Å². The number of ether oxygens (including phenoxy) is 1. The molecule has 0 bridgehead atoms. The van der Waals surface area contributed by atoms with Gasteiger partial charge in [-0.3, -0.25) is 9.69 Å². The largest absolute Gasteiger partial charge is 0.489 e. The molecule has 0 aliphatic carbocycles. The zero-order valence-electron chi connectivity index (χ0n) is 19.3. The number of alkyl halides is 3. The summed E-state index contributed by atoms with van der Waals surface area (Å²) in [7, 11) is 1.48. The Bertz CT molecular complexity index is 1180. The number of rotatable bonds is 8. The number of hydrogen-bond acceptors (Lipinski definition) is 3. The highest BCUT2D eigenvalue weighted by molar-refractivity contribution is 6.04.